The second-order valence-electron chi connectivity index (χ2n) is 10.3. The molecule has 0 aromatic heterocycles. The Hall–Kier alpha value is -1.32. The number of halogens is 1. The van der Waals surface area contributed by atoms with Crippen LogP contribution in [0.15, 0.2) is 27.6 Å². The van der Waals surface area contributed by atoms with Crippen molar-refractivity contribution in [1.29, 1.82) is 0 Å². The highest BCUT2D eigenvalue weighted by atomic mass is 79.9. The number of hydrogen-bond donors (Lipinski definition) is 0. The summed E-state index contributed by atoms with van der Waals surface area (Å²) in [5.74, 6) is 1.38. The zero-order valence-corrected chi connectivity index (χ0v) is 23.3. The molecule has 34 heavy (non-hydrogen) atoms. The zero-order valence-electron chi connectivity index (χ0n) is 20.9. The van der Waals surface area contributed by atoms with Crippen LogP contribution in [0.25, 0.3) is 0 Å². The van der Waals surface area contributed by atoms with Gasteiger partial charge >= 0.3 is 6.09 Å². The van der Waals surface area contributed by atoms with Crippen LogP contribution in [0.5, 0.6) is 5.75 Å². The maximum absolute atomic E-state index is 12.2. The largest absolute Gasteiger partial charge is 0.489 e. The van der Waals surface area contributed by atoms with Gasteiger partial charge in [0.2, 0.25) is 0 Å². The summed E-state index contributed by atoms with van der Waals surface area (Å²) in [6.07, 6.45) is 5.48. The van der Waals surface area contributed by atoms with Gasteiger partial charge in [0.15, 0.2) is 9.84 Å². The average Bonchev–Trinajstić information content (AvgIpc) is 3.61. The first-order valence-corrected chi connectivity index (χ1v) is 14.8. The molecule has 2 fully saturated rings. The molecule has 1 heterocycles. The van der Waals surface area contributed by atoms with E-state index in [-0.39, 0.29) is 18.0 Å². The first kappa shape index (κ1) is 27.3. The first-order chi connectivity index (χ1) is 16.0. The minimum atomic E-state index is -3.23. The molecule has 0 spiro atoms. The Morgan fingerprint density at radius 3 is 2.38 bits per heavy atom. The molecule has 1 aliphatic heterocycles. The fourth-order valence-electron chi connectivity index (χ4n) is 4.12. The Morgan fingerprint density at radius 2 is 1.82 bits per heavy atom. The van der Waals surface area contributed by atoms with Crippen LogP contribution in [0.2, 0.25) is 0 Å². The lowest BCUT2D eigenvalue weighted by Crippen LogP contribution is -2.50. The first-order valence-electron chi connectivity index (χ1n) is 12.4. The van der Waals surface area contributed by atoms with Crippen LogP contribution in [0.3, 0.4) is 0 Å². The molecular formula is C25H39BrN2O5S. The van der Waals surface area contributed by atoms with E-state index in [1.54, 1.807) is 30.0 Å². The maximum Gasteiger partial charge on any atom is 0.410 e. The van der Waals surface area contributed by atoms with Crippen molar-refractivity contribution in [1.82, 2.24) is 9.80 Å². The topological polar surface area (TPSA) is 76.2 Å². The lowest BCUT2D eigenvalue weighted by Gasteiger charge is -2.35. The highest BCUT2D eigenvalue weighted by Gasteiger charge is 2.33. The van der Waals surface area contributed by atoms with Gasteiger partial charge in [-0.2, -0.15) is 0 Å². The fraction of sp³-hybridized carbons (Fsp3) is 0.720. The van der Waals surface area contributed by atoms with Gasteiger partial charge in [-0.15, -0.1) is 0 Å². The Labute approximate surface area is 213 Å². The van der Waals surface area contributed by atoms with Crippen LogP contribution in [-0.4, -0.2) is 74.5 Å². The van der Waals surface area contributed by atoms with Crippen LogP contribution in [-0.2, 0) is 14.6 Å². The quantitative estimate of drug-likeness (QED) is 0.371. The van der Waals surface area contributed by atoms with E-state index in [9.17, 15) is 13.2 Å². The van der Waals surface area contributed by atoms with E-state index in [0.29, 0.717) is 34.1 Å². The van der Waals surface area contributed by atoms with E-state index >= 15 is 0 Å². The van der Waals surface area contributed by atoms with E-state index in [1.165, 1.54) is 12.8 Å². The van der Waals surface area contributed by atoms with E-state index in [4.69, 9.17) is 9.47 Å². The number of nitrogens with zero attached hydrogens (tertiary/aromatic N) is 2. The number of carbonyl (C=O) groups is 1. The van der Waals surface area contributed by atoms with Crippen molar-refractivity contribution in [3.63, 3.8) is 0 Å². The minimum Gasteiger partial charge on any atom is -0.489 e. The molecule has 1 saturated heterocycles. The molecule has 1 saturated carbocycles. The normalized spacial score (nSPS) is 18.6. The van der Waals surface area contributed by atoms with Gasteiger partial charge in [0.05, 0.1) is 15.1 Å². The van der Waals surface area contributed by atoms with Crippen molar-refractivity contribution in [3.05, 3.63) is 22.7 Å². The monoisotopic (exact) mass is 558 g/mol. The average molecular weight is 560 g/mol. The molecule has 1 amide bonds. The van der Waals surface area contributed by atoms with E-state index in [0.717, 1.165) is 38.9 Å². The molecule has 192 valence electrons. The Kier molecular flexibility index (Phi) is 9.31. The summed E-state index contributed by atoms with van der Waals surface area (Å²) >= 11 is 3.50. The Morgan fingerprint density at radius 1 is 1.15 bits per heavy atom. The van der Waals surface area contributed by atoms with E-state index in [2.05, 4.69) is 20.8 Å². The van der Waals surface area contributed by atoms with Crippen molar-refractivity contribution in [2.24, 2.45) is 5.92 Å². The Balaban J connectivity index is 1.41. The van der Waals surface area contributed by atoms with E-state index < -0.39 is 15.4 Å². The van der Waals surface area contributed by atoms with Crippen molar-refractivity contribution < 1.29 is 22.7 Å². The van der Waals surface area contributed by atoms with Gasteiger partial charge in [0, 0.05) is 26.2 Å². The number of amides is 1. The number of hydrogen-bond acceptors (Lipinski definition) is 6. The molecule has 0 bridgehead atoms. The third-order valence-electron chi connectivity index (χ3n) is 6.31. The van der Waals surface area contributed by atoms with Gasteiger partial charge in [-0.3, -0.25) is 4.90 Å². The zero-order chi connectivity index (χ0) is 24.9. The van der Waals surface area contributed by atoms with Crippen molar-refractivity contribution in [2.75, 3.05) is 38.5 Å². The molecule has 7 nitrogen and oxygen atoms in total. The van der Waals surface area contributed by atoms with Gasteiger partial charge < -0.3 is 14.4 Å². The predicted molar refractivity (Wildman–Crippen MR) is 137 cm³/mol. The molecular weight excluding hydrogens is 520 g/mol. The maximum atomic E-state index is 12.2. The Bertz CT molecular complexity index is 935. The number of carbonyl (C=O) groups excluding carboxylic acids is 1. The molecule has 1 atom stereocenters. The molecule has 1 aromatic carbocycles. The number of piperazine rings is 1. The van der Waals surface area contributed by atoms with Crippen molar-refractivity contribution in [3.8, 4) is 5.75 Å². The summed E-state index contributed by atoms with van der Waals surface area (Å²) in [5.41, 5.74) is -0.459. The number of benzene rings is 1. The minimum absolute atomic E-state index is 0.0837. The van der Waals surface area contributed by atoms with E-state index in [1.807, 2.05) is 20.8 Å². The van der Waals surface area contributed by atoms with Gasteiger partial charge in [0.1, 0.15) is 17.5 Å². The summed E-state index contributed by atoms with van der Waals surface area (Å²) in [4.78, 5) is 16.8. The SMILES string of the molecule is CCS(=O)(=O)c1ccc(OC(CCCCN2CCN(C(=O)OC(C)(C)C)CC2)C2CC2)c(Br)c1. The molecule has 9 heteroatoms. The standard InChI is InChI=1S/C25H39BrN2O5S/c1-5-34(30,31)20-11-12-23(21(26)18-20)32-22(19-9-10-19)8-6-7-13-27-14-16-28(17-15-27)24(29)33-25(2,3)4/h11-12,18-19,22H,5-10,13-17H2,1-4H3. The van der Waals surface area contributed by atoms with Crippen LogP contribution < -0.4 is 4.74 Å². The second kappa shape index (κ2) is 11.6. The number of unbranched alkanes of at least 4 members (excludes halogenated alkanes) is 1. The van der Waals surface area contributed by atoms with Crippen LogP contribution in [0.4, 0.5) is 4.79 Å². The van der Waals surface area contributed by atoms with Crippen molar-refractivity contribution in [2.45, 2.75) is 76.4 Å². The van der Waals surface area contributed by atoms with Crippen LogP contribution in [0, 0.1) is 5.92 Å². The van der Waals surface area contributed by atoms with Gasteiger partial charge in [0.25, 0.3) is 0 Å². The number of rotatable bonds is 10. The molecule has 0 radical (unpaired) electrons. The smallest absolute Gasteiger partial charge is 0.410 e. The third-order valence-corrected chi connectivity index (χ3v) is 8.66. The van der Waals surface area contributed by atoms with Crippen LogP contribution in [0.1, 0.15) is 59.8 Å². The number of ether oxygens (including phenoxy) is 2. The second-order valence-corrected chi connectivity index (χ2v) is 13.4. The number of sulfone groups is 1. The lowest BCUT2D eigenvalue weighted by atomic mass is 10.1. The molecule has 2 aliphatic rings. The summed E-state index contributed by atoms with van der Waals surface area (Å²) < 4.78 is 36.7. The fourth-order valence-corrected chi connectivity index (χ4v) is 5.65. The summed E-state index contributed by atoms with van der Waals surface area (Å²) in [6.45, 7) is 11.5. The third kappa shape index (κ3) is 8.12. The predicted octanol–water partition coefficient (Wildman–Crippen LogP) is 5.12. The van der Waals surface area contributed by atoms with Crippen molar-refractivity contribution >= 4 is 31.9 Å². The molecule has 1 aliphatic carbocycles. The van der Waals surface area contributed by atoms with Gasteiger partial charge in [-0.25, -0.2) is 13.2 Å². The molecule has 0 N–H and O–H groups in total. The lowest BCUT2D eigenvalue weighted by molar-refractivity contribution is 0.0143. The summed E-state index contributed by atoms with van der Waals surface area (Å²) in [5, 5.41) is 0. The highest BCUT2D eigenvalue weighted by Crippen LogP contribution is 2.39. The molecule has 1 unspecified atom stereocenters. The summed E-state index contributed by atoms with van der Waals surface area (Å²) in [7, 11) is -3.23. The molecule has 1 aromatic rings. The highest BCUT2D eigenvalue weighted by molar-refractivity contribution is 9.10. The molecule has 3 rings (SSSR count). The van der Waals surface area contributed by atoms with Crippen LogP contribution >= 0.6 is 15.9 Å². The summed E-state index contributed by atoms with van der Waals surface area (Å²) in [6, 6.07) is 5.06. The van der Waals surface area contributed by atoms with Gasteiger partial charge in [-0.05, 0) is 99.5 Å². The van der Waals surface area contributed by atoms with Gasteiger partial charge in [-0.1, -0.05) is 6.92 Å².